The number of likely N-dealkylation sites (tertiary alicyclic amines) is 1. The van der Waals surface area contributed by atoms with Crippen LogP contribution in [0.15, 0.2) is 4.99 Å². The Bertz CT molecular complexity index is 334. The van der Waals surface area contributed by atoms with E-state index in [1.54, 1.807) is 0 Å². The molecule has 0 unspecified atom stereocenters. The molecule has 0 amide bonds. The molecule has 0 aromatic heterocycles. The lowest BCUT2D eigenvalue weighted by molar-refractivity contribution is 0.0131. The van der Waals surface area contributed by atoms with Gasteiger partial charge in [-0.05, 0) is 45.7 Å². The molecule has 5 nitrogen and oxygen atoms in total. The number of nitrogens with zero attached hydrogens (tertiary/aromatic N) is 2. The van der Waals surface area contributed by atoms with E-state index in [4.69, 9.17) is 0 Å². The zero-order valence-electron chi connectivity index (χ0n) is 14.2. The van der Waals surface area contributed by atoms with Crippen LogP contribution in [0.25, 0.3) is 0 Å². The lowest BCUT2D eigenvalue weighted by Gasteiger charge is -2.30. The summed E-state index contributed by atoms with van der Waals surface area (Å²) in [6.45, 7) is 7.92. The van der Waals surface area contributed by atoms with Gasteiger partial charge in [0.05, 0.1) is 12.1 Å². The molecule has 1 saturated heterocycles. The fourth-order valence-corrected chi connectivity index (χ4v) is 3.45. The first kappa shape index (κ1) is 17.5. The second kappa shape index (κ2) is 9.36. The Morgan fingerprint density at radius 1 is 1.05 bits per heavy atom. The Hall–Kier alpha value is -0.810. The molecular formula is C17H34N4O. The van der Waals surface area contributed by atoms with Crippen molar-refractivity contribution in [2.75, 3.05) is 39.3 Å². The molecule has 128 valence electrons. The van der Waals surface area contributed by atoms with E-state index in [1.165, 1.54) is 38.8 Å². The van der Waals surface area contributed by atoms with Crippen molar-refractivity contribution in [1.29, 1.82) is 0 Å². The highest BCUT2D eigenvalue weighted by Gasteiger charge is 2.28. The second-order valence-electron chi connectivity index (χ2n) is 6.81. The van der Waals surface area contributed by atoms with Crippen molar-refractivity contribution >= 4 is 5.96 Å². The van der Waals surface area contributed by atoms with E-state index in [2.05, 4.69) is 27.4 Å². The first-order chi connectivity index (χ1) is 10.7. The van der Waals surface area contributed by atoms with Crippen LogP contribution in [-0.4, -0.2) is 60.8 Å². The summed E-state index contributed by atoms with van der Waals surface area (Å²) in [4.78, 5) is 7.14. The third-order valence-electron chi connectivity index (χ3n) is 4.83. The largest absolute Gasteiger partial charge is 0.388 e. The highest BCUT2D eigenvalue weighted by molar-refractivity contribution is 5.79. The minimum absolute atomic E-state index is 0.520. The molecule has 0 aromatic rings. The molecule has 5 heteroatoms. The van der Waals surface area contributed by atoms with Gasteiger partial charge in [0.2, 0.25) is 0 Å². The van der Waals surface area contributed by atoms with Crippen LogP contribution < -0.4 is 10.6 Å². The van der Waals surface area contributed by atoms with E-state index in [1.807, 2.05) is 0 Å². The Labute approximate surface area is 135 Å². The Balaban J connectivity index is 1.74. The normalized spacial score (nSPS) is 23.3. The van der Waals surface area contributed by atoms with Crippen LogP contribution in [0, 0.1) is 0 Å². The van der Waals surface area contributed by atoms with Crippen molar-refractivity contribution in [3.63, 3.8) is 0 Å². The van der Waals surface area contributed by atoms with Gasteiger partial charge in [0.15, 0.2) is 5.96 Å². The van der Waals surface area contributed by atoms with Gasteiger partial charge in [-0.3, -0.25) is 4.99 Å². The van der Waals surface area contributed by atoms with Gasteiger partial charge in [-0.15, -0.1) is 0 Å². The topological polar surface area (TPSA) is 59.9 Å². The van der Waals surface area contributed by atoms with Gasteiger partial charge >= 0.3 is 0 Å². The number of hydrogen-bond acceptors (Lipinski definition) is 3. The van der Waals surface area contributed by atoms with Gasteiger partial charge in [-0.1, -0.05) is 25.7 Å². The Morgan fingerprint density at radius 2 is 1.73 bits per heavy atom. The van der Waals surface area contributed by atoms with Gasteiger partial charge < -0.3 is 20.6 Å². The van der Waals surface area contributed by atoms with Crippen LogP contribution in [-0.2, 0) is 0 Å². The van der Waals surface area contributed by atoms with Crippen LogP contribution in [0.1, 0.15) is 58.3 Å². The summed E-state index contributed by atoms with van der Waals surface area (Å²) in [6.07, 6.45) is 9.35. The fraction of sp³-hybridized carbons (Fsp3) is 0.941. The van der Waals surface area contributed by atoms with Crippen molar-refractivity contribution in [3.05, 3.63) is 0 Å². The smallest absolute Gasteiger partial charge is 0.191 e. The van der Waals surface area contributed by atoms with Gasteiger partial charge in [-0.25, -0.2) is 0 Å². The monoisotopic (exact) mass is 310 g/mol. The molecule has 22 heavy (non-hydrogen) atoms. The predicted molar refractivity (Wildman–Crippen MR) is 92.3 cm³/mol. The molecular weight excluding hydrogens is 276 g/mol. The third-order valence-corrected chi connectivity index (χ3v) is 4.83. The minimum atomic E-state index is -0.576. The minimum Gasteiger partial charge on any atom is -0.388 e. The van der Waals surface area contributed by atoms with Crippen LogP contribution in [0.3, 0.4) is 0 Å². The zero-order chi connectivity index (χ0) is 15.7. The summed E-state index contributed by atoms with van der Waals surface area (Å²) in [7, 11) is 0. The van der Waals surface area contributed by atoms with Crippen LogP contribution in [0.2, 0.25) is 0 Å². The lowest BCUT2D eigenvalue weighted by atomic mass is 9.85. The average Bonchev–Trinajstić information content (AvgIpc) is 2.54. The highest BCUT2D eigenvalue weighted by Crippen LogP contribution is 2.28. The average molecular weight is 310 g/mol. The summed E-state index contributed by atoms with van der Waals surface area (Å²) >= 11 is 0. The lowest BCUT2D eigenvalue weighted by Crippen LogP contribution is -2.44. The van der Waals surface area contributed by atoms with Gasteiger partial charge in [0, 0.05) is 19.6 Å². The number of rotatable bonds is 6. The molecule has 3 N–H and O–H groups in total. The molecule has 1 saturated carbocycles. The van der Waals surface area contributed by atoms with Crippen molar-refractivity contribution in [2.24, 2.45) is 4.99 Å². The number of guanidine groups is 1. The van der Waals surface area contributed by atoms with Crippen LogP contribution >= 0.6 is 0 Å². The number of piperidine rings is 1. The summed E-state index contributed by atoms with van der Waals surface area (Å²) in [6, 6.07) is 0. The maximum absolute atomic E-state index is 10.5. The van der Waals surface area contributed by atoms with Crippen molar-refractivity contribution in [2.45, 2.75) is 63.9 Å². The molecule has 0 radical (unpaired) electrons. The predicted octanol–water partition coefficient (Wildman–Crippen LogP) is 1.72. The fourth-order valence-electron chi connectivity index (χ4n) is 3.45. The second-order valence-corrected chi connectivity index (χ2v) is 6.81. The Morgan fingerprint density at radius 3 is 2.41 bits per heavy atom. The van der Waals surface area contributed by atoms with Gasteiger partial charge in [0.1, 0.15) is 0 Å². The molecule has 1 aliphatic carbocycles. The van der Waals surface area contributed by atoms with E-state index in [9.17, 15) is 5.11 Å². The maximum Gasteiger partial charge on any atom is 0.191 e. The van der Waals surface area contributed by atoms with E-state index >= 15 is 0 Å². The number of nitrogens with one attached hydrogen (secondary N) is 2. The van der Waals surface area contributed by atoms with Gasteiger partial charge in [-0.2, -0.15) is 0 Å². The maximum atomic E-state index is 10.5. The zero-order valence-corrected chi connectivity index (χ0v) is 14.2. The molecule has 0 atom stereocenters. The summed E-state index contributed by atoms with van der Waals surface area (Å²) in [5, 5.41) is 17.2. The van der Waals surface area contributed by atoms with Crippen LogP contribution in [0.4, 0.5) is 0 Å². The number of hydrogen-bond donors (Lipinski definition) is 3. The standard InChI is InChI=1S/C17H34N4O/c1-2-18-16(19-11-14-21-12-7-4-8-13-21)20-15-17(22)9-5-3-6-10-17/h22H,2-15H2,1H3,(H2,18,19,20). The van der Waals surface area contributed by atoms with Crippen molar-refractivity contribution < 1.29 is 5.11 Å². The van der Waals surface area contributed by atoms with E-state index in [0.717, 1.165) is 51.3 Å². The molecule has 1 aliphatic heterocycles. The number of aliphatic imine (C=N–C) groups is 1. The summed E-state index contributed by atoms with van der Waals surface area (Å²) < 4.78 is 0. The molecule has 0 aromatic carbocycles. The Kier molecular flexibility index (Phi) is 7.46. The van der Waals surface area contributed by atoms with E-state index in [0.29, 0.717) is 6.54 Å². The number of aliphatic hydroxyl groups is 1. The van der Waals surface area contributed by atoms with Crippen molar-refractivity contribution in [1.82, 2.24) is 15.5 Å². The third kappa shape index (κ3) is 6.13. The quantitative estimate of drug-likeness (QED) is 0.516. The molecule has 2 fully saturated rings. The van der Waals surface area contributed by atoms with Crippen molar-refractivity contribution in [3.8, 4) is 0 Å². The first-order valence-corrected chi connectivity index (χ1v) is 9.19. The highest BCUT2D eigenvalue weighted by atomic mass is 16.3. The van der Waals surface area contributed by atoms with Gasteiger partial charge in [0.25, 0.3) is 0 Å². The van der Waals surface area contributed by atoms with E-state index in [-0.39, 0.29) is 0 Å². The van der Waals surface area contributed by atoms with E-state index < -0.39 is 5.60 Å². The van der Waals surface area contributed by atoms with Crippen LogP contribution in [0.5, 0.6) is 0 Å². The molecule has 2 rings (SSSR count). The molecule has 0 bridgehead atoms. The molecule has 1 heterocycles. The summed E-state index contributed by atoms with van der Waals surface area (Å²) in [5.41, 5.74) is -0.576. The molecule has 2 aliphatic rings. The first-order valence-electron chi connectivity index (χ1n) is 9.19. The summed E-state index contributed by atoms with van der Waals surface area (Å²) in [5.74, 6) is 0.846. The molecule has 0 spiro atoms. The SMILES string of the molecule is CCNC(=NCC1(O)CCCCC1)NCCN1CCCCC1.